The van der Waals surface area contributed by atoms with Crippen molar-refractivity contribution < 1.29 is 0 Å². The van der Waals surface area contributed by atoms with E-state index in [4.69, 9.17) is 4.98 Å². The van der Waals surface area contributed by atoms with Crippen molar-refractivity contribution in [1.29, 1.82) is 0 Å². The van der Waals surface area contributed by atoms with Crippen molar-refractivity contribution in [2.45, 2.75) is 19.3 Å². The van der Waals surface area contributed by atoms with Gasteiger partial charge in [0.2, 0.25) is 0 Å². The van der Waals surface area contributed by atoms with E-state index in [9.17, 15) is 0 Å². The molecule has 0 aliphatic heterocycles. The number of fused-ring (bicyclic) bond motifs is 1. The number of nitrogens with zero attached hydrogens (tertiary/aromatic N) is 2. The van der Waals surface area contributed by atoms with Gasteiger partial charge in [0.05, 0.1) is 5.69 Å². The number of pyridine rings is 1. The van der Waals surface area contributed by atoms with Crippen molar-refractivity contribution in [1.82, 2.24) is 4.98 Å². The van der Waals surface area contributed by atoms with Crippen molar-refractivity contribution in [3.8, 4) is 11.1 Å². The third-order valence-electron chi connectivity index (χ3n) is 10.0. The molecule has 2 heteroatoms. The Hall–Kier alpha value is -5.99. The minimum Gasteiger partial charge on any atom is -0.310 e. The molecule has 0 N–H and O–H groups in total. The van der Waals surface area contributed by atoms with Crippen LogP contribution < -0.4 is 4.90 Å². The summed E-state index contributed by atoms with van der Waals surface area (Å²) in [6.45, 7) is 4.70. The summed E-state index contributed by atoms with van der Waals surface area (Å²) in [5, 5.41) is 7.85. The van der Waals surface area contributed by atoms with Crippen LogP contribution in [0.1, 0.15) is 36.2 Å². The van der Waals surface area contributed by atoms with Crippen molar-refractivity contribution in [2.75, 3.05) is 4.90 Å². The Balaban J connectivity index is 0.984. The number of hydrogen-bond donors (Lipinski definition) is 0. The topological polar surface area (TPSA) is 16.1 Å². The van der Waals surface area contributed by atoms with Crippen LogP contribution in [-0.2, 0) is 5.41 Å². The average Bonchev–Trinajstić information content (AvgIpc) is 3.37. The summed E-state index contributed by atoms with van der Waals surface area (Å²) in [4.78, 5) is 7.15. The molecule has 2 nitrogen and oxygen atoms in total. The van der Waals surface area contributed by atoms with Crippen LogP contribution in [0.3, 0.4) is 0 Å². The lowest BCUT2D eigenvalue weighted by Crippen LogP contribution is -2.15. The Labute approximate surface area is 281 Å². The zero-order valence-corrected chi connectivity index (χ0v) is 27.1. The molecular formula is C46H34N2. The first-order valence-corrected chi connectivity index (χ1v) is 16.6. The van der Waals surface area contributed by atoms with Crippen molar-refractivity contribution in [2.24, 2.45) is 0 Å². The molecule has 0 unspecified atom stereocenters. The summed E-state index contributed by atoms with van der Waals surface area (Å²) in [5.41, 5.74) is 10.6. The molecule has 1 aliphatic rings. The maximum Gasteiger partial charge on any atom is 0.0630 e. The molecule has 1 aliphatic carbocycles. The molecule has 228 valence electrons. The SMILES string of the molecule is CC1(C)c2cccc3ccc4cc(-c5ccc(/C=C/c6ccc7cc(N(c8ccccc8)c8ccccc8)ccc7c6)nc5)cc1c4c23. The smallest absolute Gasteiger partial charge is 0.0630 e. The molecule has 0 saturated heterocycles. The van der Waals surface area contributed by atoms with Gasteiger partial charge in [-0.05, 0) is 121 Å². The van der Waals surface area contributed by atoms with E-state index < -0.39 is 0 Å². The fourth-order valence-electron chi connectivity index (χ4n) is 7.52. The van der Waals surface area contributed by atoms with Gasteiger partial charge in [0.15, 0.2) is 0 Å². The normalized spacial score (nSPS) is 13.3. The third kappa shape index (κ3) is 4.68. The Morgan fingerprint density at radius 1 is 0.479 bits per heavy atom. The molecule has 1 aromatic heterocycles. The molecule has 0 saturated carbocycles. The maximum atomic E-state index is 4.85. The van der Waals surface area contributed by atoms with E-state index in [0.29, 0.717) is 0 Å². The summed E-state index contributed by atoms with van der Waals surface area (Å²) in [5.74, 6) is 0. The highest BCUT2D eigenvalue weighted by molar-refractivity contribution is 6.15. The van der Waals surface area contributed by atoms with E-state index in [0.717, 1.165) is 33.9 Å². The van der Waals surface area contributed by atoms with Gasteiger partial charge in [-0.1, -0.05) is 111 Å². The van der Waals surface area contributed by atoms with Gasteiger partial charge in [-0.25, -0.2) is 0 Å². The zero-order chi connectivity index (χ0) is 32.2. The van der Waals surface area contributed by atoms with Crippen molar-refractivity contribution in [3.63, 3.8) is 0 Å². The lowest BCUT2D eigenvalue weighted by Gasteiger charge is -2.25. The van der Waals surface area contributed by atoms with Crippen LogP contribution in [0.5, 0.6) is 0 Å². The Morgan fingerprint density at radius 3 is 1.92 bits per heavy atom. The highest BCUT2D eigenvalue weighted by atomic mass is 15.1. The van der Waals surface area contributed by atoms with Gasteiger partial charge in [0, 0.05) is 34.2 Å². The second-order valence-electron chi connectivity index (χ2n) is 13.3. The highest BCUT2D eigenvalue weighted by Crippen LogP contribution is 2.49. The number of benzene rings is 7. The molecule has 1 heterocycles. The number of rotatable bonds is 6. The van der Waals surface area contributed by atoms with Crippen LogP contribution in [0.15, 0.2) is 158 Å². The van der Waals surface area contributed by atoms with E-state index in [1.165, 1.54) is 49.0 Å². The standard InChI is InChI=1S/C46H34N2/c1-46(2)42-15-9-10-32-19-20-35-27-37(29-43(46)45(35)44(32)42)36-21-24-38(47-30-36)23-17-31-16-18-34-28-41(25-22-33(34)26-31)48(39-11-5-3-6-12-39)40-13-7-4-8-14-40/h3-30H,1-2H3/b23-17+. The summed E-state index contributed by atoms with van der Waals surface area (Å²) >= 11 is 0. The van der Waals surface area contributed by atoms with Crippen molar-refractivity contribution in [3.05, 3.63) is 180 Å². The lowest BCUT2D eigenvalue weighted by atomic mass is 9.81. The van der Waals surface area contributed by atoms with E-state index in [2.05, 4.69) is 183 Å². The van der Waals surface area contributed by atoms with Gasteiger partial charge in [0.25, 0.3) is 0 Å². The number of anilines is 3. The van der Waals surface area contributed by atoms with Gasteiger partial charge in [-0.3, -0.25) is 4.98 Å². The minimum atomic E-state index is -0.0296. The van der Waals surface area contributed by atoms with Crippen LogP contribution in [-0.4, -0.2) is 4.98 Å². The Bertz CT molecular complexity index is 2470. The largest absolute Gasteiger partial charge is 0.310 e. The first kappa shape index (κ1) is 28.3. The van der Waals surface area contributed by atoms with Gasteiger partial charge >= 0.3 is 0 Å². The molecule has 0 atom stereocenters. The quantitative estimate of drug-likeness (QED) is 0.173. The van der Waals surface area contributed by atoms with Gasteiger partial charge in [0.1, 0.15) is 0 Å². The molecule has 0 amide bonds. The third-order valence-corrected chi connectivity index (χ3v) is 10.0. The molecule has 0 bridgehead atoms. The van der Waals surface area contributed by atoms with Gasteiger partial charge in [-0.2, -0.15) is 0 Å². The average molecular weight is 615 g/mol. The van der Waals surface area contributed by atoms with Gasteiger partial charge in [-0.15, -0.1) is 0 Å². The molecule has 0 spiro atoms. The molecule has 7 aromatic carbocycles. The maximum absolute atomic E-state index is 4.85. The second-order valence-corrected chi connectivity index (χ2v) is 13.3. The predicted molar refractivity (Wildman–Crippen MR) is 204 cm³/mol. The van der Waals surface area contributed by atoms with Gasteiger partial charge < -0.3 is 4.90 Å². The molecule has 8 aromatic rings. The summed E-state index contributed by atoms with van der Waals surface area (Å²) < 4.78 is 0. The second kappa shape index (κ2) is 11.1. The number of hydrogen-bond acceptors (Lipinski definition) is 2. The number of para-hydroxylation sites is 2. The molecule has 0 fully saturated rings. The van der Waals surface area contributed by atoms with Crippen LogP contribution in [0.2, 0.25) is 0 Å². The van der Waals surface area contributed by atoms with E-state index in [1.807, 2.05) is 6.20 Å². The first-order chi connectivity index (χ1) is 23.5. The summed E-state index contributed by atoms with van der Waals surface area (Å²) in [6, 6.07) is 54.7. The fourth-order valence-corrected chi connectivity index (χ4v) is 7.52. The predicted octanol–water partition coefficient (Wildman–Crippen LogP) is 12.5. The molecule has 0 radical (unpaired) electrons. The van der Waals surface area contributed by atoms with E-state index in [1.54, 1.807) is 0 Å². The zero-order valence-electron chi connectivity index (χ0n) is 27.1. The molecule has 9 rings (SSSR count). The van der Waals surface area contributed by atoms with Crippen molar-refractivity contribution >= 4 is 61.5 Å². The van der Waals surface area contributed by atoms with Crippen LogP contribution in [0.25, 0.3) is 55.6 Å². The van der Waals surface area contributed by atoms with E-state index >= 15 is 0 Å². The monoisotopic (exact) mass is 614 g/mol. The Morgan fingerprint density at radius 2 is 1.17 bits per heavy atom. The fraction of sp³-hybridized carbons (Fsp3) is 0.0652. The van der Waals surface area contributed by atoms with Crippen LogP contribution in [0.4, 0.5) is 17.1 Å². The summed E-state index contributed by atoms with van der Waals surface area (Å²) in [6.07, 6.45) is 6.26. The van der Waals surface area contributed by atoms with Crippen LogP contribution in [0, 0.1) is 0 Å². The first-order valence-electron chi connectivity index (χ1n) is 16.6. The number of aromatic nitrogens is 1. The van der Waals surface area contributed by atoms with Crippen LogP contribution >= 0.6 is 0 Å². The molecule has 48 heavy (non-hydrogen) atoms. The highest BCUT2D eigenvalue weighted by Gasteiger charge is 2.34. The lowest BCUT2D eigenvalue weighted by molar-refractivity contribution is 0.663. The molecular weight excluding hydrogens is 581 g/mol. The Kier molecular flexibility index (Phi) is 6.51. The summed E-state index contributed by atoms with van der Waals surface area (Å²) in [7, 11) is 0. The minimum absolute atomic E-state index is 0.0296. The van der Waals surface area contributed by atoms with E-state index in [-0.39, 0.29) is 5.41 Å².